The third-order valence-corrected chi connectivity index (χ3v) is 4.49. The number of Topliss-reactive ketones (excluding diaryl/α,β-unsaturated/α-hetero) is 1. The van der Waals surface area contributed by atoms with Crippen LogP contribution in [0.4, 0.5) is 0 Å². The van der Waals surface area contributed by atoms with E-state index in [2.05, 4.69) is 25.7 Å². The van der Waals surface area contributed by atoms with Gasteiger partial charge in [-0.05, 0) is 42.7 Å². The maximum absolute atomic E-state index is 11.6. The lowest BCUT2D eigenvalue weighted by Crippen LogP contribution is -2.31. The lowest BCUT2D eigenvalue weighted by Gasteiger charge is -2.38. The first-order chi connectivity index (χ1) is 9.58. The molecule has 1 aliphatic rings. The van der Waals surface area contributed by atoms with E-state index in [9.17, 15) is 4.79 Å². The van der Waals surface area contributed by atoms with E-state index in [1.807, 2.05) is 30.3 Å². The molecule has 0 heterocycles. The molecule has 1 aromatic carbocycles. The van der Waals surface area contributed by atoms with Gasteiger partial charge < -0.3 is 0 Å². The van der Waals surface area contributed by atoms with Gasteiger partial charge in [0.2, 0.25) is 0 Å². The summed E-state index contributed by atoms with van der Waals surface area (Å²) in [6.45, 7) is 4.61. The molecule has 20 heavy (non-hydrogen) atoms. The molecule has 0 aliphatic heterocycles. The smallest absolute Gasteiger partial charge is 0.133 e. The fourth-order valence-electron chi connectivity index (χ4n) is 2.93. The van der Waals surface area contributed by atoms with Gasteiger partial charge in [-0.2, -0.15) is 0 Å². The third kappa shape index (κ3) is 4.23. The van der Waals surface area contributed by atoms with Crippen molar-refractivity contribution in [2.24, 2.45) is 11.3 Å². The molecule has 1 fully saturated rings. The summed E-state index contributed by atoms with van der Waals surface area (Å²) in [6.07, 6.45) is 5.75. The zero-order valence-corrected chi connectivity index (χ0v) is 12.6. The maximum atomic E-state index is 11.6. The number of carbonyl (C=O) groups excluding carboxylic acids is 1. The Kier molecular flexibility index (Phi) is 5.01. The molecule has 0 unspecified atom stereocenters. The Hall–Kier alpha value is -1.55. The largest absolute Gasteiger partial charge is 0.300 e. The number of benzene rings is 1. The van der Waals surface area contributed by atoms with Gasteiger partial charge in [-0.25, -0.2) is 0 Å². The Labute approximate surface area is 122 Å². The number of ketones is 1. The van der Waals surface area contributed by atoms with Crippen LogP contribution in [0.5, 0.6) is 0 Å². The Morgan fingerprint density at radius 2 is 2.00 bits per heavy atom. The molecule has 1 aliphatic carbocycles. The van der Waals surface area contributed by atoms with Crippen molar-refractivity contribution in [2.45, 2.75) is 52.4 Å². The Morgan fingerprint density at radius 1 is 1.25 bits per heavy atom. The second-order valence-electron chi connectivity index (χ2n) is 6.49. The number of hydrogen-bond acceptors (Lipinski definition) is 1. The van der Waals surface area contributed by atoms with Crippen molar-refractivity contribution in [3.63, 3.8) is 0 Å². The molecule has 2 rings (SSSR count). The van der Waals surface area contributed by atoms with Gasteiger partial charge in [-0.15, -0.1) is 0 Å². The standard InChI is InChI=1S/C19H24O/c1-19(2)14-13-18(20)15-17(19)12-8-4-7-11-16-9-5-3-6-10-16/h3,5-6,9-10,17H,4,8,12-15H2,1-2H3/t17-/m0/s1. The summed E-state index contributed by atoms with van der Waals surface area (Å²) in [5.74, 6) is 7.43. The molecule has 0 spiro atoms. The molecule has 1 atom stereocenters. The van der Waals surface area contributed by atoms with Crippen LogP contribution >= 0.6 is 0 Å². The quantitative estimate of drug-likeness (QED) is 0.578. The first-order valence-electron chi connectivity index (χ1n) is 7.63. The third-order valence-electron chi connectivity index (χ3n) is 4.49. The van der Waals surface area contributed by atoms with Crippen molar-refractivity contribution in [1.82, 2.24) is 0 Å². The molecule has 0 saturated heterocycles. The summed E-state index contributed by atoms with van der Waals surface area (Å²) in [5, 5.41) is 0. The molecule has 0 N–H and O–H groups in total. The molecule has 1 saturated carbocycles. The van der Waals surface area contributed by atoms with Gasteiger partial charge in [0.15, 0.2) is 0 Å². The van der Waals surface area contributed by atoms with Gasteiger partial charge in [0, 0.05) is 24.8 Å². The molecule has 1 heteroatoms. The van der Waals surface area contributed by atoms with Crippen LogP contribution in [-0.2, 0) is 4.79 Å². The maximum Gasteiger partial charge on any atom is 0.133 e. The van der Waals surface area contributed by atoms with Gasteiger partial charge in [-0.1, -0.05) is 43.9 Å². The number of carbonyl (C=O) groups is 1. The van der Waals surface area contributed by atoms with Gasteiger partial charge in [0.25, 0.3) is 0 Å². The predicted molar refractivity (Wildman–Crippen MR) is 83.3 cm³/mol. The molecular formula is C19H24O. The first kappa shape index (κ1) is 14.9. The summed E-state index contributed by atoms with van der Waals surface area (Å²) in [5.41, 5.74) is 1.40. The number of hydrogen-bond donors (Lipinski definition) is 0. The van der Waals surface area contributed by atoms with Crippen molar-refractivity contribution >= 4 is 5.78 Å². The minimum atomic E-state index is 0.320. The zero-order chi connectivity index (χ0) is 14.4. The second kappa shape index (κ2) is 6.75. The molecule has 0 radical (unpaired) electrons. The number of unbranched alkanes of at least 4 members (excludes halogenated alkanes) is 1. The Bertz CT molecular complexity index is 502. The van der Waals surface area contributed by atoms with Crippen LogP contribution in [0.3, 0.4) is 0 Å². The van der Waals surface area contributed by atoms with Crippen molar-refractivity contribution in [3.05, 3.63) is 35.9 Å². The van der Waals surface area contributed by atoms with Gasteiger partial charge in [0.05, 0.1) is 0 Å². The molecule has 1 nitrogen and oxygen atoms in total. The minimum absolute atomic E-state index is 0.320. The normalized spacial score (nSPS) is 21.1. The van der Waals surface area contributed by atoms with Crippen LogP contribution < -0.4 is 0 Å². The molecule has 0 bridgehead atoms. The monoisotopic (exact) mass is 268 g/mol. The van der Waals surface area contributed by atoms with E-state index >= 15 is 0 Å². The average molecular weight is 268 g/mol. The predicted octanol–water partition coefficient (Wildman–Crippen LogP) is 4.60. The molecular weight excluding hydrogens is 244 g/mol. The van der Waals surface area contributed by atoms with Crippen LogP contribution in [0.25, 0.3) is 0 Å². The highest BCUT2D eigenvalue weighted by Crippen LogP contribution is 2.41. The summed E-state index contributed by atoms with van der Waals surface area (Å²) in [7, 11) is 0. The molecule has 106 valence electrons. The van der Waals surface area contributed by atoms with E-state index < -0.39 is 0 Å². The lowest BCUT2D eigenvalue weighted by atomic mass is 9.67. The van der Waals surface area contributed by atoms with Gasteiger partial charge in [-0.3, -0.25) is 4.79 Å². The summed E-state index contributed by atoms with van der Waals surface area (Å²) in [6, 6.07) is 10.1. The highest BCUT2D eigenvalue weighted by Gasteiger charge is 2.34. The SMILES string of the molecule is CC1(C)CCC(=O)C[C@@H]1CCCC#Cc1ccccc1. The van der Waals surface area contributed by atoms with E-state index in [1.54, 1.807) is 0 Å². The summed E-state index contributed by atoms with van der Waals surface area (Å²) < 4.78 is 0. The second-order valence-corrected chi connectivity index (χ2v) is 6.49. The van der Waals surface area contributed by atoms with E-state index in [-0.39, 0.29) is 0 Å². The zero-order valence-electron chi connectivity index (χ0n) is 12.6. The van der Waals surface area contributed by atoms with Crippen LogP contribution in [0, 0.1) is 23.2 Å². The van der Waals surface area contributed by atoms with Crippen LogP contribution in [-0.4, -0.2) is 5.78 Å². The Balaban J connectivity index is 1.78. The van der Waals surface area contributed by atoms with E-state index in [0.717, 1.165) is 44.1 Å². The highest BCUT2D eigenvalue weighted by atomic mass is 16.1. The van der Waals surface area contributed by atoms with Crippen LogP contribution in [0.2, 0.25) is 0 Å². The summed E-state index contributed by atoms with van der Waals surface area (Å²) in [4.78, 5) is 11.6. The fourth-order valence-corrected chi connectivity index (χ4v) is 2.93. The van der Waals surface area contributed by atoms with Crippen molar-refractivity contribution in [3.8, 4) is 11.8 Å². The molecule has 0 aromatic heterocycles. The van der Waals surface area contributed by atoms with E-state index in [0.29, 0.717) is 17.1 Å². The molecule has 1 aromatic rings. The van der Waals surface area contributed by atoms with E-state index in [1.165, 1.54) is 0 Å². The van der Waals surface area contributed by atoms with Crippen LogP contribution in [0.1, 0.15) is 57.9 Å². The van der Waals surface area contributed by atoms with Crippen molar-refractivity contribution in [2.75, 3.05) is 0 Å². The minimum Gasteiger partial charge on any atom is -0.300 e. The summed E-state index contributed by atoms with van der Waals surface area (Å²) >= 11 is 0. The van der Waals surface area contributed by atoms with Gasteiger partial charge in [0.1, 0.15) is 5.78 Å². The average Bonchev–Trinajstić information content (AvgIpc) is 2.43. The molecule has 0 amide bonds. The van der Waals surface area contributed by atoms with E-state index in [4.69, 9.17) is 0 Å². The lowest BCUT2D eigenvalue weighted by molar-refractivity contribution is -0.124. The van der Waals surface area contributed by atoms with Gasteiger partial charge >= 0.3 is 0 Å². The van der Waals surface area contributed by atoms with Crippen LogP contribution in [0.15, 0.2) is 30.3 Å². The first-order valence-corrected chi connectivity index (χ1v) is 7.63. The highest BCUT2D eigenvalue weighted by molar-refractivity contribution is 5.79. The fraction of sp³-hybridized carbons (Fsp3) is 0.526. The van der Waals surface area contributed by atoms with Crippen molar-refractivity contribution < 1.29 is 4.79 Å². The topological polar surface area (TPSA) is 17.1 Å². The van der Waals surface area contributed by atoms with Crippen molar-refractivity contribution in [1.29, 1.82) is 0 Å². The Morgan fingerprint density at radius 3 is 2.75 bits per heavy atom. The number of rotatable bonds is 3.